The summed E-state index contributed by atoms with van der Waals surface area (Å²) >= 11 is 0. The van der Waals surface area contributed by atoms with E-state index in [2.05, 4.69) is 84.9 Å². The van der Waals surface area contributed by atoms with E-state index in [0.29, 0.717) is 23.7 Å². The van der Waals surface area contributed by atoms with E-state index in [1.165, 1.54) is 71.2 Å². The van der Waals surface area contributed by atoms with Gasteiger partial charge in [0.15, 0.2) is 0 Å². The van der Waals surface area contributed by atoms with Crippen molar-refractivity contribution in [2.24, 2.45) is 46.3 Å². The summed E-state index contributed by atoms with van der Waals surface area (Å²) in [6.45, 7) is 0. The summed E-state index contributed by atoms with van der Waals surface area (Å²) in [6.07, 6.45) is 12.7. The highest BCUT2D eigenvalue weighted by atomic mass is 16.1. The molecule has 0 amide bonds. The molecule has 0 radical (unpaired) electrons. The van der Waals surface area contributed by atoms with E-state index in [4.69, 9.17) is 0 Å². The summed E-state index contributed by atoms with van der Waals surface area (Å²) in [4.78, 5) is 16.2. The molecule has 4 aromatic carbocycles. The fraction of sp³-hybridized carbons (Fsp3) is 0.488. The van der Waals surface area contributed by atoms with E-state index in [1.807, 2.05) is 0 Å². The molecule has 42 heavy (non-hydrogen) atoms. The van der Waals surface area contributed by atoms with Crippen molar-refractivity contribution in [2.75, 3.05) is 0 Å². The third-order valence-corrected chi connectivity index (χ3v) is 13.8. The largest absolute Gasteiger partial charge is 0.298 e. The Morgan fingerprint density at radius 1 is 0.476 bits per heavy atom. The number of carbonyl (C=O) groups excluding carboxylic acids is 1. The van der Waals surface area contributed by atoms with Crippen LogP contribution in [0.4, 0.5) is 0 Å². The molecule has 6 unspecified atom stereocenters. The van der Waals surface area contributed by atoms with Gasteiger partial charge in [-0.05, 0) is 144 Å². The van der Waals surface area contributed by atoms with Gasteiger partial charge in [-0.25, -0.2) is 0 Å². The minimum absolute atomic E-state index is 0.187. The van der Waals surface area contributed by atoms with Crippen molar-refractivity contribution in [1.82, 2.24) is 0 Å². The molecule has 0 heterocycles. The zero-order valence-electron chi connectivity index (χ0n) is 24.7. The van der Waals surface area contributed by atoms with Crippen LogP contribution in [0.3, 0.4) is 0 Å². The molecule has 12 rings (SSSR count). The lowest BCUT2D eigenvalue weighted by atomic mass is 9.36. The first-order valence-electron chi connectivity index (χ1n) is 17.1. The van der Waals surface area contributed by atoms with Crippen molar-refractivity contribution < 1.29 is 4.79 Å². The minimum atomic E-state index is -0.187. The number of fused-ring (bicyclic) bond motifs is 2. The standard InChI is InChI=1S/C41H42O/c42-39(40-21-25-15-26(22-40)18-31(17-25)37(40)35-13-5-9-29-7-1-3-11-33(29)35)41-23-27-16-28(24-41)20-32(19-27)38(41)36-14-6-10-30-8-2-4-12-34(30)36/h1-14,25-28,31-32,37-38H,15-24H2. The van der Waals surface area contributed by atoms with Crippen LogP contribution in [-0.2, 0) is 4.79 Å². The number of Topliss-reactive ketones (excluding diaryl/α,β-unsaturated/α-hetero) is 1. The average molecular weight is 551 g/mol. The molecule has 0 saturated heterocycles. The maximum Gasteiger partial charge on any atom is 0.146 e. The van der Waals surface area contributed by atoms with Crippen LogP contribution >= 0.6 is 0 Å². The van der Waals surface area contributed by atoms with Crippen LogP contribution in [0.1, 0.15) is 87.2 Å². The number of benzene rings is 4. The number of hydrogen-bond acceptors (Lipinski definition) is 1. The van der Waals surface area contributed by atoms with Gasteiger partial charge >= 0.3 is 0 Å². The highest BCUT2D eigenvalue weighted by Crippen LogP contribution is 2.73. The smallest absolute Gasteiger partial charge is 0.146 e. The molecule has 8 saturated carbocycles. The first-order chi connectivity index (χ1) is 20.6. The second-order valence-corrected chi connectivity index (χ2v) is 15.9. The molecular formula is C41H42O. The first-order valence-corrected chi connectivity index (χ1v) is 17.1. The lowest BCUT2D eigenvalue weighted by Gasteiger charge is -2.67. The van der Waals surface area contributed by atoms with Crippen molar-refractivity contribution in [3.05, 3.63) is 96.1 Å². The Labute approximate surface area is 250 Å². The summed E-state index contributed by atoms with van der Waals surface area (Å²) in [5, 5.41) is 5.49. The lowest BCUT2D eigenvalue weighted by molar-refractivity contribution is -0.176. The summed E-state index contributed by atoms with van der Waals surface area (Å²) in [5.74, 6) is 5.83. The normalized spacial score (nSPS) is 41.1. The third-order valence-electron chi connectivity index (χ3n) is 13.8. The van der Waals surface area contributed by atoms with E-state index in [9.17, 15) is 0 Å². The highest BCUT2D eigenvalue weighted by Gasteiger charge is 2.69. The molecule has 212 valence electrons. The summed E-state index contributed by atoms with van der Waals surface area (Å²) in [5.41, 5.74) is 2.62. The van der Waals surface area contributed by atoms with Gasteiger partial charge in [0.25, 0.3) is 0 Å². The molecule has 1 nitrogen and oxygen atoms in total. The Morgan fingerprint density at radius 2 is 0.857 bits per heavy atom. The van der Waals surface area contributed by atoms with Crippen LogP contribution in [-0.4, -0.2) is 5.78 Å². The lowest BCUT2D eigenvalue weighted by Crippen LogP contribution is -2.63. The number of rotatable bonds is 4. The van der Waals surface area contributed by atoms with Gasteiger partial charge in [-0.3, -0.25) is 4.79 Å². The van der Waals surface area contributed by atoms with Crippen LogP contribution in [0.15, 0.2) is 84.9 Å². The SMILES string of the molecule is O=C(C12CC3CC(CC(C3)C1c1cccc3ccccc13)C2)C12CC3CC(CC(C3)C1c1cccc3ccccc13)C2. The van der Waals surface area contributed by atoms with Gasteiger partial charge in [-0.1, -0.05) is 84.9 Å². The summed E-state index contributed by atoms with van der Waals surface area (Å²) in [6, 6.07) is 32.0. The molecule has 0 aromatic heterocycles. The van der Waals surface area contributed by atoms with Crippen molar-refractivity contribution in [3.63, 3.8) is 0 Å². The van der Waals surface area contributed by atoms with Gasteiger partial charge in [0.2, 0.25) is 0 Å². The van der Waals surface area contributed by atoms with Crippen molar-refractivity contribution >= 4 is 27.3 Å². The zero-order chi connectivity index (χ0) is 27.6. The molecule has 8 bridgehead atoms. The fourth-order valence-corrected chi connectivity index (χ4v) is 13.4. The van der Waals surface area contributed by atoms with Crippen molar-refractivity contribution in [3.8, 4) is 0 Å². The van der Waals surface area contributed by atoms with Crippen molar-refractivity contribution in [2.45, 2.75) is 76.0 Å². The number of ketones is 1. The van der Waals surface area contributed by atoms with E-state index >= 15 is 4.79 Å². The molecule has 4 aromatic rings. The predicted molar refractivity (Wildman–Crippen MR) is 170 cm³/mol. The first kappa shape index (κ1) is 24.5. The van der Waals surface area contributed by atoms with Gasteiger partial charge in [0.05, 0.1) is 0 Å². The van der Waals surface area contributed by atoms with Crippen molar-refractivity contribution in [1.29, 1.82) is 0 Å². The molecular weight excluding hydrogens is 508 g/mol. The molecule has 8 aliphatic rings. The number of hydrogen-bond donors (Lipinski definition) is 0. The molecule has 1 heteroatoms. The van der Waals surface area contributed by atoms with E-state index in [-0.39, 0.29) is 10.8 Å². The minimum Gasteiger partial charge on any atom is -0.298 e. The second kappa shape index (κ2) is 8.58. The average Bonchev–Trinajstić information content (AvgIpc) is 3.00. The van der Waals surface area contributed by atoms with E-state index in [0.717, 1.165) is 55.1 Å². The van der Waals surface area contributed by atoms with Gasteiger partial charge in [-0.2, -0.15) is 0 Å². The topological polar surface area (TPSA) is 17.1 Å². The van der Waals surface area contributed by atoms with Crippen LogP contribution in [0, 0.1) is 46.3 Å². The quantitative estimate of drug-likeness (QED) is 0.247. The van der Waals surface area contributed by atoms with E-state index < -0.39 is 0 Å². The maximum absolute atomic E-state index is 16.2. The Kier molecular flexibility index (Phi) is 5.01. The monoisotopic (exact) mass is 550 g/mol. The predicted octanol–water partition coefficient (Wildman–Crippen LogP) is 10.1. The Bertz CT molecular complexity index is 1580. The zero-order valence-corrected chi connectivity index (χ0v) is 24.7. The maximum atomic E-state index is 16.2. The molecule has 8 aliphatic carbocycles. The van der Waals surface area contributed by atoms with E-state index in [1.54, 1.807) is 0 Å². The van der Waals surface area contributed by atoms with Crippen LogP contribution < -0.4 is 0 Å². The van der Waals surface area contributed by atoms with Crippen LogP contribution in [0.2, 0.25) is 0 Å². The summed E-state index contributed by atoms with van der Waals surface area (Å²) < 4.78 is 0. The molecule has 0 aliphatic heterocycles. The molecule has 6 atom stereocenters. The Morgan fingerprint density at radius 3 is 1.29 bits per heavy atom. The van der Waals surface area contributed by atoms with Gasteiger partial charge < -0.3 is 0 Å². The van der Waals surface area contributed by atoms with Crippen LogP contribution in [0.25, 0.3) is 21.5 Å². The molecule has 0 N–H and O–H groups in total. The summed E-state index contributed by atoms with van der Waals surface area (Å²) in [7, 11) is 0. The molecule has 8 fully saturated rings. The Hall–Kier alpha value is -2.93. The third kappa shape index (κ3) is 3.18. The second-order valence-electron chi connectivity index (χ2n) is 15.9. The Balaban J connectivity index is 1.18. The van der Waals surface area contributed by atoms with Crippen LogP contribution in [0.5, 0.6) is 0 Å². The fourth-order valence-electron chi connectivity index (χ4n) is 13.4. The highest BCUT2D eigenvalue weighted by molar-refractivity contribution is 5.96. The van der Waals surface area contributed by atoms with Gasteiger partial charge in [0.1, 0.15) is 5.78 Å². The molecule has 0 spiro atoms. The number of carbonyl (C=O) groups is 1. The van der Waals surface area contributed by atoms with Gasteiger partial charge in [-0.15, -0.1) is 0 Å². The van der Waals surface area contributed by atoms with Gasteiger partial charge in [0, 0.05) is 10.8 Å².